The fourth-order valence-corrected chi connectivity index (χ4v) is 4.24. The predicted octanol–water partition coefficient (Wildman–Crippen LogP) is 0.0713. The lowest BCUT2D eigenvalue weighted by Crippen LogP contribution is -2.47. The number of hydrogen-bond acceptors (Lipinski definition) is 6. The van der Waals surface area contributed by atoms with Crippen LogP contribution in [0.25, 0.3) is 0 Å². The second-order valence-corrected chi connectivity index (χ2v) is 7.41. The van der Waals surface area contributed by atoms with E-state index in [1.807, 2.05) is 4.90 Å². The second-order valence-electron chi connectivity index (χ2n) is 7.41. The van der Waals surface area contributed by atoms with Gasteiger partial charge in [0.05, 0.1) is 18.5 Å². The molecule has 1 aromatic rings. The highest BCUT2D eigenvalue weighted by atomic mass is 16.3. The molecule has 1 unspecified atom stereocenters. The lowest BCUT2D eigenvalue weighted by atomic mass is 10.0. The number of rotatable bonds is 2. The number of aliphatic hydroxyl groups excluding tert-OH is 1. The van der Waals surface area contributed by atoms with Gasteiger partial charge in [-0.15, -0.1) is 0 Å². The van der Waals surface area contributed by atoms with Crippen LogP contribution < -0.4 is 4.90 Å². The predicted molar refractivity (Wildman–Crippen MR) is 89.9 cm³/mol. The molecule has 2 saturated heterocycles. The third-order valence-corrected chi connectivity index (χ3v) is 5.68. The van der Waals surface area contributed by atoms with E-state index < -0.39 is 0 Å². The molecular weight excluding hydrogens is 306 g/mol. The Kier molecular flexibility index (Phi) is 4.14. The molecule has 3 aliphatic rings. The molecule has 2 aliphatic heterocycles. The first kappa shape index (κ1) is 15.8. The maximum atomic E-state index is 12.7. The summed E-state index contributed by atoms with van der Waals surface area (Å²) in [6.07, 6.45) is 4.95. The summed E-state index contributed by atoms with van der Waals surface area (Å²) in [7, 11) is 2.07. The topological polar surface area (TPSA) is 72.8 Å². The zero-order chi connectivity index (χ0) is 16.7. The maximum absolute atomic E-state index is 12.7. The number of piperazine rings is 1. The summed E-state index contributed by atoms with van der Waals surface area (Å²) in [4.78, 5) is 27.8. The molecule has 0 radical (unpaired) electrons. The number of amides is 1. The molecule has 7 nitrogen and oxygen atoms in total. The molecule has 1 amide bonds. The van der Waals surface area contributed by atoms with Gasteiger partial charge in [0.2, 0.25) is 0 Å². The lowest BCUT2D eigenvalue weighted by molar-refractivity contribution is 0.0658. The van der Waals surface area contributed by atoms with Gasteiger partial charge in [0.25, 0.3) is 5.91 Å². The highest BCUT2D eigenvalue weighted by Gasteiger charge is 2.40. The minimum Gasteiger partial charge on any atom is -0.393 e. The molecule has 130 valence electrons. The highest BCUT2D eigenvalue weighted by molar-refractivity contribution is 5.92. The first-order valence-corrected chi connectivity index (χ1v) is 8.83. The molecule has 0 spiro atoms. The summed E-state index contributed by atoms with van der Waals surface area (Å²) in [5.41, 5.74) is 0.439. The minimum absolute atomic E-state index is 0.0211. The quantitative estimate of drug-likeness (QED) is 0.827. The molecule has 1 aliphatic carbocycles. The number of aliphatic hydroxyl groups is 1. The van der Waals surface area contributed by atoms with Gasteiger partial charge >= 0.3 is 0 Å². The fourth-order valence-electron chi connectivity index (χ4n) is 4.24. The lowest BCUT2D eigenvalue weighted by Gasteiger charge is -2.32. The Hall–Kier alpha value is -1.73. The van der Waals surface area contributed by atoms with Crippen molar-refractivity contribution in [2.45, 2.75) is 18.9 Å². The third-order valence-electron chi connectivity index (χ3n) is 5.68. The number of aromatic nitrogens is 2. The first-order valence-electron chi connectivity index (χ1n) is 8.83. The van der Waals surface area contributed by atoms with E-state index in [-0.39, 0.29) is 12.0 Å². The van der Waals surface area contributed by atoms with Crippen molar-refractivity contribution in [1.82, 2.24) is 19.8 Å². The van der Waals surface area contributed by atoms with Crippen LogP contribution in [0.1, 0.15) is 23.3 Å². The van der Waals surface area contributed by atoms with Crippen LogP contribution in [-0.2, 0) is 0 Å². The average molecular weight is 331 g/mol. The Morgan fingerprint density at radius 2 is 1.79 bits per heavy atom. The van der Waals surface area contributed by atoms with E-state index in [1.165, 1.54) is 0 Å². The van der Waals surface area contributed by atoms with Crippen molar-refractivity contribution >= 4 is 11.7 Å². The second kappa shape index (κ2) is 6.29. The normalized spacial score (nSPS) is 30.7. The van der Waals surface area contributed by atoms with Crippen molar-refractivity contribution in [2.24, 2.45) is 11.8 Å². The van der Waals surface area contributed by atoms with E-state index in [0.717, 1.165) is 57.9 Å². The highest BCUT2D eigenvalue weighted by Crippen LogP contribution is 2.39. The summed E-state index contributed by atoms with van der Waals surface area (Å²) in [6.45, 7) is 5.10. The molecule has 0 bridgehead atoms. The van der Waals surface area contributed by atoms with Gasteiger partial charge in [-0.1, -0.05) is 0 Å². The Morgan fingerprint density at radius 3 is 2.46 bits per heavy atom. The largest absolute Gasteiger partial charge is 0.393 e. The minimum atomic E-state index is -0.140. The van der Waals surface area contributed by atoms with Gasteiger partial charge in [0.15, 0.2) is 0 Å². The SMILES string of the molecule is CN1CCN(C(=O)c2cncc(N3C[C@H]4CC(O)C[C@H]4C3)n2)CC1. The van der Waals surface area contributed by atoms with Gasteiger partial charge < -0.3 is 19.8 Å². The summed E-state index contributed by atoms with van der Waals surface area (Å²) >= 11 is 0. The number of nitrogens with zero attached hydrogens (tertiary/aromatic N) is 5. The standard InChI is InChI=1S/C17H25N5O2/c1-20-2-4-21(5-3-20)17(24)15-8-18-9-16(19-15)22-10-12-6-14(23)7-13(12)11-22/h8-9,12-14,23H,2-7,10-11H2,1H3/t12-,13+,14?. The van der Waals surface area contributed by atoms with Crippen molar-refractivity contribution in [1.29, 1.82) is 0 Å². The van der Waals surface area contributed by atoms with E-state index in [4.69, 9.17) is 0 Å². The van der Waals surface area contributed by atoms with Gasteiger partial charge in [-0.3, -0.25) is 9.78 Å². The van der Waals surface area contributed by atoms with Crippen LogP contribution in [-0.4, -0.2) is 83.2 Å². The van der Waals surface area contributed by atoms with Crippen LogP contribution in [0.2, 0.25) is 0 Å². The number of likely N-dealkylation sites (N-methyl/N-ethyl adjacent to an activating group) is 1. The summed E-state index contributed by atoms with van der Waals surface area (Å²) < 4.78 is 0. The molecule has 3 atom stereocenters. The van der Waals surface area contributed by atoms with Crippen LogP contribution >= 0.6 is 0 Å². The van der Waals surface area contributed by atoms with E-state index in [9.17, 15) is 9.90 Å². The van der Waals surface area contributed by atoms with Gasteiger partial charge in [0, 0.05) is 39.3 Å². The maximum Gasteiger partial charge on any atom is 0.274 e. The van der Waals surface area contributed by atoms with Crippen molar-refractivity contribution in [3.63, 3.8) is 0 Å². The Bertz CT molecular complexity index is 603. The van der Waals surface area contributed by atoms with Gasteiger partial charge in [-0.05, 0) is 31.7 Å². The Morgan fingerprint density at radius 1 is 1.12 bits per heavy atom. The van der Waals surface area contributed by atoms with E-state index in [1.54, 1.807) is 12.4 Å². The molecule has 3 fully saturated rings. The number of fused-ring (bicyclic) bond motifs is 1. The van der Waals surface area contributed by atoms with Crippen LogP contribution in [0, 0.1) is 11.8 Å². The zero-order valence-corrected chi connectivity index (χ0v) is 14.1. The number of carbonyl (C=O) groups excluding carboxylic acids is 1. The number of carbonyl (C=O) groups is 1. The molecule has 24 heavy (non-hydrogen) atoms. The van der Waals surface area contributed by atoms with Crippen molar-refractivity contribution in [3.8, 4) is 0 Å². The van der Waals surface area contributed by atoms with Crippen molar-refractivity contribution in [2.75, 3.05) is 51.2 Å². The van der Waals surface area contributed by atoms with Gasteiger partial charge in [0.1, 0.15) is 11.5 Å². The first-order chi connectivity index (χ1) is 11.6. The molecule has 7 heteroatoms. The van der Waals surface area contributed by atoms with Gasteiger partial charge in [-0.25, -0.2) is 4.98 Å². The fraction of sp³-hybridized carbons (Fsp3) is 0.706. The van der Waals surface area contributed by atoms with E-state index in [2.05, 4.69) is 26.8 Å². The summed E-state index contributed by atoms with van der Waals surface area (Å²) in [6, 6.07) is 0. The van der Waals surface area contributed by atoms with Gasteiger partial charge in [-0.2, -0.15) is 0 Å². The average Bonchev–Trinajstić information content (AvgIpc) is 3.12. The molecule has 1 saturated carbocycles. The van der Waals surface area contributed by atoms with Crippen molar-refractivity contribution < 1.29 is 9.90 Å². The summed E-state index contributed by atoms with van der Waals surface area (Å²) in [5.74, 6) is 1.85. The zero-order valence-electron chi connectivity index (χ0n) is 14.1. The van der Waals surface area contributed by atoms with Crippen LogP contribution in [0.15, 0.2) is 12.4 Å². The Labute approximate surface area is 142 Å². The van der Waals surface area contributed by atoms with Crippen LogP contribution in [0.4, 0.5) is 5.82 Å². The van der Waals surface area contributed by atoms with E-state index >= 15 is 0 Å². The monoisotopic (exact) mass is 331 g/mol. The van der Waals surface area contributed by atoms with Crippen LogP contribution in [0.3, 0.4) is 0 Å². The third kappa shape index (κ3) is 2.98. The smallest absolute Gasteiger partial charge is 0.274 e. The van der Waals surface area contributed by atoms with Crippen molar-refractivity contribution in [3.05, 3.63) is 18.1 Å². The summed E-state index contributed by atoms with van der Waals surface area (Å²) in [5, 5.41) is 9.77. The molecular formula is C17H25N5O2. The number of hydrogen-bond donors (Lipinski definition) is 1. The molecule has 1 N–H and O–H groups in total. The molecule has 0 aromatic carbocycles. The number of anilines is 1. The molecule has 4 rings (SSSR count). The van der Waals surface area contributed by atoms with E-state index in [0.29, 0.717) is 17.5 Å². The van der Waals surface area contributed by atoms with Crippen LogP contribution in [0.5, 0.6) is 0 Å². The molecule has 3 heterocycles. The molecule has 1 aromatic heterocycles. The Balaban J connectivity index is 1.45.